The van der Waals surface area contributed by atoms with E-state index in [0.717, 1.165) is 0 Å². The van der Waals surface area contributed by atoms with Gasteiger partial charge in [0, 0.05) is 24.2 Å². The van der Waals surface area contributed by atoms with Gasteiger partial charge in [0.25, 0.3) is 5.69 Å². The summed E-state index contributed by atoms with van der Waals surface area (Å²) < 4.78 is 13.2. The van der Waals surface area contributed by atoms with E-state index in [2.05, 4.69) is 5.32 Å². The van der Waals surface area contributed by atoms with Gasteiger partial charge in [-0.2, -0.15) is 0 Å². The summed E-state index contributed by atoms with van der Waals surface area (Å²) >= 11 is 0. The molecule has 0 saturated carbocycles. The third kappa shape index (κ3) is 6.10. The topological polar surface area (TPSA) is 92.6 Å². The molecule has 1 atom stereocenters. The fourth-order valence-electron chi connectivity index (χ4n) is 2.88. The second-order valence-corrected chi connectivity index (χ2v) is 7.05. The van der Waals surface area contributed by atoms with Crippen LogP contribution in [0.5, 0.6) is 0 Å². The number of para-hydroxylation sites is 1. The van der Waals surface area contributed by atoms with Gasteiger partial charge in [0.15, 0.2) is 0 Å². The van der Waals surface area contributed by atoms with Crippen LogP contribution in [0, 0.1) is 15.9 Å². The van der Waals surface area contributed by atoms with Gasteiger partial charge >= 0.3 is 0 Å². The van der Waals surface area contributed by atoms with Gasteiger partial charge in [0.2, 0.25) is 11.8 Å². The molecule has 154 valence electrons. The number of carbonyl (C=O) groups is 2. The van der Waals surface area contributed by atoms with Crippen molar-refractivity contribution in [1.29, 1.82) is 0 Å². The Balaban J connectivity index is 2.30. The molecule has 29 heavy (non-hydrogen) atoms. The van der Waals surface area contributed by atoms with Crippen LogP contribution in [0.4, 0.5) is 10.1 Å². The predicted molar refractivity (Wildman–Crippen MR) is 106 cm³/mol. The molecule has 0 unspecified atom stereocenters. The maximum Gasteiger partial charge on any atom is 0.273 e. The molecule has 0 aliphatic heterocycles. The summed E-state index contributed by atoms with van der Waals surface area (Å²) in [5, 5.41) is 14.0. The Morgan fingerprint density at radius 1 is 1.10 bits per heavy atom. The molecule has 0 heterocycles. The van der Waals surface area contributed by atoms with Gasteiger partial charge in [0.1, 0.15) is 11.9 Å². The molecule has 0 bridgehead atoms. The quantitative estimate of drug-likeness (QED) is 0.543. The molecule has 0 saturated heterocycles. The van der Waals surface area contributed by atoms with Crippen LogP contribution >= 0.6 is 0 Å². The number of nitrogens with one attached hydrogen (secondary N) is 1. The number of benzene rings is 2. The second kappa shape index (κ2) is 9.77. The zero-order chi connectivity index (χ0) is 21.6. The average molecular weight is 401 g/mol. The molecule has 2 aromatic rings. The zero-order valence-electron chi connectivity index (χ0n) is 16.6. The van der Waals surface area contributed by atoms with Crippen LogP contribution in [0.1, 0.15) is 31.9 Å². The number of nitro groups is 1. The molecule has 1 N–H and O–H groups in total. The Kier molecular flexibility index (Phi) is 7.41. The fraction of sp³-hybridized carbons (Fsp3) is 0.333. The number of hydrogen-bond donors (Lipinski definition) is 1. The van der Waals surface area contributed by atoms with Crippen LogP contribution in [-0.4, -0.2) is 33.7 Å². The zero-order valence-corrected chi connectivity index (χ0v) is 16.6. The van der Waals surface area contributed by atoms with Crippen molar-refractivity contribution in [3.63, 3.8) is 0 Å². The first-order valence-electron chi connectivity index (χ1n) is 9.25. The molecule has 0 aliphatic rings. The number of nitro benzene ring substituents is 1. The molecule has 2 aromatic carbocycles. The Hall–Kier alpha value is -3.29. The van der Waals surface area contributed by atoms with Crippen molar-refractivity contribution in [1.82, 2.24) is 10.2 Å². The highest BCUT2D eigenvalue weighted by atomic mass is 19.1. The molecule has 0 aromatic heterocycles. The fourth-order valence-corrected chi connectivity index (χ4v) is 2.88. The third-order valence-electron chi connectivity index (χ3n) is 4.39. The lowest BCUT2D eigenvalue weighted by Gasteiger charge is -2.29. The van der Waals surface area contributed by atoms with Crippen molar-refractivity contribution < 1.29 is 18.9 Å². The first kappa shape index (κ1) is 22.0. The van der Waals surface area contributed by atoms with E-state index in [1.54, 1.807) is 13.0 Å². The lowest BCUT2D eigenvalue weighted by molar-refractivity contribution is -0.385. The molecule has 2 rings (SSSR count). The highest BCUT2D eigenvalue weighted by Crippen LogP contribution is 2.20. The van der Waals surface area contributed by atoms with Crippen molar-refractivity contribution in [2.75, 3.05) is 0 Å². The summed E-state index contributed by atoms with van der Waals surface area (Å²) in [6.45, 7) is 5.29. The largest absolute Gasteiger partial charge is 0.352 e. The Morgan fingerprint density at radius 2 is 1.72 bits per heavy atom. The average Bonchev–Trinajstić information content (AvgIpc) is 2.66. The summed E-state index contributed by atoms with van der Waals surface area (Å²) in [6, 6.07) is 10.7. The SMILES string of the molecule is CC(C)NC(=O)[C@H](C)N(Cc1ccc(F)cc1)C(=O)Cc1ccccc1[N+](=O)[O-]. The summed E-state index contributed by atoms with van der Waals surface area (Å²) in [5.41, 5.74) is 0.761. The van der Waals surface area contributed by atoms with E-state index in [9.17, 15) is 24.1 Å². The molecular formula is C21H24FN3O4. The van der Waals surface area contributed by atoms with Crippen molar-refractivity contribution in [3.05, 3.63) is 75.6 Å². The number of carbonyl (C=O) groups excluding carboxylic acids is 2. The number of rotatable bonds is 8. The van der Waals surface area contributed by atoms with Crippen molar-refractivity contribution in [3.8, 4) is 0 Å². The number of amides is 2. The number of nitrogens with zero attached hydrogens (tertiary/aromatic N) is 2. The van der Waals surface area contributed by atoms with E-state index in [4.69, 9.17) is 0 Å². The molecule has 0 fully saturated rings. The lowest BCUT2D eigenvalue weighted by Crippen LogP contribution is -2.49. The molecule has 0 spiro atoms. The van der Waals surface area contributed by atoms with Gasteiger partial charge < -0.3 is 10.2 Å². The Morgan fingerprint density at radius 3 is 2.31 bits per heavy atom. The van der Waals surface area contributed by atoms with Crippen LogP contribution in [0.15, 0.2) is 48.5 Å². The molecule has 7 nitrogen and oxygen atoms in total. The second-order valence-electron chi connectivity index (χ2n) is 7.05. The van der Waals surface area contributed by atoms with Crippen LogP contribution < -0.4 is 5.32 Å². The molecule has 8 heteroatoms. The van der Waals surface area contributed by atoms with Crippen molar-refractivity contribution in [2.24, 2.45) is 0 Å². The number of halogens is 1. The monoisotopic (exact) mass is 401 g/mol. The molecule has 2 amide bonds. The Bertz CT molecular complexity index is 884. The van der Waals surface area contributed by atoms with Gasteiger partial charge in [-0.05, 0) is 38.5 Å². The first-order chi connectivity index (χ1) is 13.7. The molecule has 0 aliphatic carbocycles. The normalized spacial score (nSPS) is 11.8. The first-order valence-corrected chi connectivity index (χ1v) is 9.25. The highest BCUT2D eigenvalue weighted by Gasteiger charge is 2.28. The van der Waals surface area contributed by atoms with E-state index < -0.39 is 22.7 Å². The number of hydrogen-bond acceptors (Lipinski definition) is 4. The minimum absolute atomic E-state index is 0.0758. The maximum absolute atomic E-state index is 13.2. The Labute approximate surface area is 168 Å². The van der Waals surface area contributed by atoms with Gasteiger partial charge in [-0.25, -0.2) is 4.39 Å². The van der Waals surface area contributed by atoms with E-state index in [-0.39, 0.29) is 36.2 Å². The minimum Gasteiger partial charge on any atom is -0.352 e. The molecular weight excluding hydrogens is 377 g/mol. The summed E-state index contributed by atoms with van der Waals surface area (Å²) in [7, 11) is 0. The minimum atomic E-state index is -0.808. The van der Waals surface area contributed by atoms with Crippen LogP contribution in [0.3, 0.4) is 0 Å². The summed E-state index contributed by atoms with van der Waals surface area (Å²) in [4.78, 5) is 37.6. The van der Waals surface area contributed by atoms with E-state index >= 15 is 0 Å². The van der Waals surface area contributed by atoms with E-state index in [1.165, 1.54) is 47.4 Å². The lowest BCUT2D eigenvalue weighted by atomic mass is 10.1. The van der Waals surface area contributed by atoms with Gasteiger partial charge in [-0.3, -0.25) is 19.7 Å². The van der Waals surface area contributed by atoms with Crippen LogP contribution in [-0.2, 0) is 22.6 Å². The maximum atomic E-state index is 13.2. The van der Waals surface area contributed by atoms with E-state index in [1.807, 2.05) is 13.8 Å². The van der Waals surface area contributed by atoms with Crippen molar-refractivity contribution >= 4 is 17.5 Å². The van der Waals surface area contributed by atoms with E-state index in [0.29, 0.717) is 5.56 Å². The van der Waals surface area contributed by atoms with Crippen LogP contribution in [0.25, 0.3) is 0 Å². The standard InChI is InChI=1S/C21H24FN3O4/c1-14(2)23-21(27)15(3)24(13-16-8-10-18(22)11-9-16)20(26)12-17-6-4-5-7-19(17)25(28)29/h4-11,14-15H,12-13H2,1-3H3,(H,23,27)/t15-/m0/s1. The highest BCUT2D eigenvalue weighted by molar-refractivity contribution is 5.88. The van der Waals surface area contributed by atoms with Gasteiger partial charge in [-0.1, -0.05) is 30.3 Å². The summed E-state index contributed by atoms with van der Waals surface area (Å²) in [5.74, 6) is -1.18. The van der Waals surface area contributed by atoms with Gasteiger partial charge in [0.05, 0.1) is 11.3 Å². The predicted octanol–water partition coefficient (Wildman–Crippen LogP) is 3.22. The van der Waals surface area contributed by atoms with Crippen LogP contribution in [0.2, 0.25) is 0 Å². The van der Waals surface area contributed by atoms with Gasteiger partial charge in [-0.15, -0.1) is 0 Å². The smallest absolute Gasteiger partial charge is 0.273 e. The third-order valence-corrected chi connectivity index (χ3v) is 4.39. The molecule has 0 radical (unpaired) electrons. The van der Waals surface area contributed by atoms with Crippen molar-refractivity contribution in [2.45, 2.75) is 45.8 Å². The summed E-state index contributed by atoms with van der Waals surface area (Å²) in [6.07, 6.45) is -0.225.